The largest absolute Gasteiger partial charge is 0.497 e. The van der Waals surface area contributed by atoms with Crippen molar-refractivity contribution in [1.82, 2.24) is 5.43 Å². The molecular formula is C17H16BrClN2O3. The number of nitrogens with one attached hydrogen (secondary N) is 1. The number of halogens is 2. The molecule has 0 aliphatic carbocycles. The number of rotatable bonds is 6. The van der Waals surface area contributed by atoms with E-state index in [1.54, 1.807) is 44.4 Å². The molecule has 2 rings (SSSR count). The van der Waals surface area contributed by atoms with Crippen LogP contribution in [0.3, 0.4) is 0 Å². The van der Waals surface area contributed by atoms with Gasteiger partial charge in [0.1, 0.15) is 11.5 Å². The third-order valence-corrected chi connectivity index (χ3v) is 4.02. The zero-order valence-corrected chi connectivity index (χ0v) is 15.5. The molecule has 0 fully saturated rings. The summed E-state index contributed by atoms with van der Waals surface area (Å²) < 4.78 is 11.5. The first-order valence-corrected chi connectivity index (χ1v) is 8.25. The van der Waals surface area contributed by atoms with E-state index >= 15 is 0 Å². The van der Waals surface area contributed by atoms with E-state index in [0.717, 1.165) is 10.0 Å². The molecule has 0 heterocycles. The first-order chi connectivity index (χ1) is 11.5. The second-order valence-electron chi connectivity index (χ2n) is 4.84. The molecule has 0 radical (unpaired) electrons. The SMILES string of the molecule is COc1ccc(Br)c(/C=N/NC(=O)C(C)Oc2cccc(Cl)c2)c1. The molecule has 24 heavy (non-hydrogen) atoms. The summed E-state index contributed by atoms with van der Waals surface area (Å²) in [5, 5.41) is 4.48. The zero-order valence-electron chi connectivity index (χ0n) is 13.1. The van der Waals surface area contributed by atoms with Crippen molar-refractivity contribution in [2.45, 2.75) is 13.0 Å². The summed E-state index contributed by atoms with van der Waals surface area (Å²) in [5.74, 6) is 0.846. The van der Waals surface area contributed by atoms with Crippen molar-refractivity contribution >= 4 is 39.7 Å². The minimum absolute atomic E-state index is 0.370. The van der Waals surface area contributed by atoms with E-state index in [2.05, 4.69) is 26.5 Å². The quantitative estimate of drug-likeness (QED) is 0.577. The molecule has 0 aromatic heterocycles. The summed E-state index contributed by atoms with van der Waals surface area (Å²) in [7, 11) is 1.58. The molecule has 1 N–H and O–H groups in total. The number of ether oxygens (including phenoxy) is 2. The third kappa shape index (κ3) is 5.25. The van der Waals surface area contributed by atoms with Crippen molar-refractivity contribution in [3.63, 3.8) is 0 Å². The summed E-state index contributed by atoms with van der Waals surface area (Å²) in [6.45, 7) is 1.63. The Labute approximate surface area is 153 Å². The number of hydrogen-bond acceptors (Lipinski definition) is 4. The van der Waals surface area contributed by atoms with Crippen LogP contribution in [-0.2, 0) is 4.79 Å². The van der Waals surface area contributed by atoms with E-state index in [-0.39, 0.29) is 5.91 Å². The number of amides is 1. The molecular weight excluding hydrogens is 396 g/mol. The number of benzene rings is 2. The molecule has 0 spiro atoms. The van der Waals surface area contributed by atoms with Crippen LogP contribution in [0.1, 0.15) is 12.5 Å². The van der Waals surface area contributed by atoms with E-state index in [0.29, 0.717) is 16.5 Å². The summed E-state index contributed by atoms with van der Waals surface area (Å²) in [4.78, 5) is 12.0. The minimum Gasteiger partial charge on any atom is -0.497 e. The molecule has 5 nitrogen and oxygen atoms in total. The smallest absolute Gasteiger partial charge is 0.280 e. The maximum absolute atomic E-state index is 12.0. The Morgan fingerprint density at radius 3 is 2.79 bits per heavy atom. The average molecular weight is 412 g/mol. The highest BCUT2D eigenvalue weighted by molar-refractivity contribution is 9.10. The lowest BCUT2D eigenvalue weighted by molar-refractivity contribution is -0.127. The van der Waals surface area contributed by atoms with Gasteiger partial charge in [0.2, 0.25) is 0 Å². The van der Waals surface area contributed by atoms with Crippen LogP contribution < -0.4 is 14.9 Å². The first kappa shape index (κ1) is 18.3. The van der Waals surface area contributed by atoms with Gasteiger partial charge in [-0.25, -0.2) is 5.43 Å². The van der Waals surface area contributed by atoms with E-state index in [1.807, 2.05) is 12.1 Å². The standard InChI is InChI=1S/C17H16BrClN2O3/c1-11(24-15-5-3-4-13(19)9-15)17(22)21-20-10-12-8-14(23-2)6-7-16(12)18/h3-11H,1-2H3,(H,21,22)/b20-10+. The van der Waals surface area contributed by atoms with Crippen LogP contribution in [0.5, 0.6) is 11.5 Å². The van der Waals surface area contributed by atoms with Gasteiger partial charge in [-0.3, -0.25) is 4.79 Å². The minimum atomic E-state index is -0.714. The molecule has 0 saturated heterocycles. The summed E-state index contributed by atoms with van der Waals surface area (Å²) in [6.07, 6.45) is 0.811. The zero-order chi connectivity index (χ0) is 17.5. The molecule has 0 saturated carbocycles. The van der Waals surface area contributed by atoms with Crippen molar-refractivity contribution in [2.75, 3.05) is 7.11 Å². The van der Waals surface area contributed by atoms with Crippen molar-refractivity contribution in [3.05, 3.63) is 57.5 Å². The van der Waals surface area contributed by atoms with Gasteiger partial charge in [0.15, 0.2) is 6.10 Å². The lowest BCUT2D eigenvalue weighted by Gasteiger charge is -2.13. The lowest BCUT2D eigenvalue weighted by Crippen LogP contribution is -2.33. The fraction of sp³-hybridized carbons (Fsp3) is 0.176. The number of carbonyl (C=O) groups is 1. The van der Waals surface area contributed by atoms with Crippen LogP contribution in [0.2, 0.25) is 5.02 Å². The Morgan fingerprint density at radius 2 is 2.08 bits per heavy atom. The lowest BCUT2D eigenvalue weighted by atomic mass is 10.2. The highest BCUT2D eigenvalue weighted by Crippen LogP contribution is 2.21. The molecule has 2 aromatic rings. The van der Waals surface area contributed by atoms with Crippen molar-refractivity contribution < 1.29 is 14.3 Å². The van der Waals surface area contributed by atoms with Crippen LogP contribution in [0.25, 0.3) is 0 Å². The second-order valence-corrected chi connectivity index (χ2v) is 6.13. The van der Waals surface area contributed by atoms with Crippen LogP contribution in [0, 0.1) is 0 Å². The van der Waals surface area contributed by atoms with Crippen molar-refractivity contribution in [2.24, 2.45) is 5.10 Å². The van der Waals surface area contributed by atoms with Gasteiger partial charge in [0.05, 0.1) is 13.3 Å². The van der Waals surface area contributed by atoms with Crippen LogP contribution >= 0.6 is 27.5 Å². The van der Waals surface area contributed by atoms with Gasteiger partial charge < -0.3 is 9.47 Å². The fourth-order valence-electron chi connectivity index (χ4n) is 1.80. The van der Waals surface area contributed by atoms with E-state index in [1.165, 1.54) is 6.21 Å². The molecule has 0 bridgehead atoms. The Kier molecular flexibility index (Phi) is 6.63. The fourth-order valence-corrected chi connectivity index (χ4v) is 2.33. The van der Waals surface area contributed by atoms with Gasteiger partial charge in [0, 0.05) is 15.1 Å². The van der Waals surface area contributed by atoms with Crippen LogP contribution in [0.15, 0.2) is 52.0 Å². The van der Waals surface area contributed by atoms with Crippen molar-refractivity contribution in [1.29, 1.82) is 0 Å². The van der Waals surface area contributed by atoms with E-state index < -0.39 is 6.10 Å². The van der Waals surface area contributed by atoms with Crippen LogP contribution in [-0.4, -0.2) is 25.3 Å². The third-order valence-electron chi connectivity index (χ3n) is 3.06. The number of hydrogen-bond donors (Lipinski definition) is 1. The molecule has 126 valence electrons. The predicted molar refractivity (Wildman–Crippen MR) is 98.0 cm³/mol. The van der Waals surface area contributed by atoms with Crippen molar-refractivity contribution in [3.8, 4) is 11.5 Å². The Balaban J connectivity index is 1.94. The number of hydrazone groups is 1. The maximum Gasteiger partial charge on any atom is 0.280 e. The summed E-state index contributed by atoms with van der Waals surface area (Å²) in [5.41, 5.74) is 3.22. The van der Waals surface area contributed by atoms with Crippen LogP contribution in [0.4, 0.5) is 0 Å². The number of nitrogens with zero attached hydrogens (tertiary/aromatic N) is 1. The van der Waals surface area contributed by atoms with Gasteiger partial charge in [-0.2, -0.15) is 5.10 Å². The number of methoxy groups -OCH3 is 1. The molecule has 2 aromatic carbocycles. The topological polar surface area (TPSA) is 59.9 Å². The molecule has 0 aliphatic heterocycles. The van der Waals surface area contributed by atoms with Gasteiger partial charge in [-0.1, -0.05) is 33.6 Å². The Hall–Kier alpha value is -2.05. The Morgan fingerprint density at radius 1 is 1.29 bits per heavy atom. The Bertz CT molecular complexity index is 752. The van der Waals surface area contributed by atoms with E-state index in [9.17, 15) is 4.79 Å². The monoisotopic (exact) mass is 410 g/mol. The van der Waals surface area contributed by atoms with Gasteiger partial charge in [-0.15, -0.1) is 0 Å². The van der Waals surface area contributed by atoms with Gasteiger partial charge >= 0.3 is 0 Å². The summed E-state index contributed by atoms with van der Waals surface area (Å²) >= 11 is 9.29. The van der Waals surface area contributed by atoms with Gasteiger partial charge in [0.25, 0.3) is 5.91 Å². The summed E-state index contributed by atoms with van der Waals surface area (Å²) in [6, 6.07) is 12.3. The average Bonchev–Trinajstić information content (AvgIpc) is 2.56. The van der Waals surface area contributed by atoms with Gasteiger partial charge in [-0.05, 0) is 43.3 Å². The van der Waals surface area contributed by atoms with E-state index in [4.69, 9.17) is 21.1 Å². The predicted octanol–water partition coefficient (Wildman–Crippen LogP) is 4.03. The molecule has 1 amide bonds. The molecule has 0 aliphatic rings. The molecule has 7 heteroatoms. The normalized spacial score (nSPS) is 12.0. The molecule has 1 unspecified atom stereocenters. The molecule has 1 atom stereocenters. The highest BCUT2D eigenvalue weighted by atomic mass is 79.9. The highest BCUT2D eigenvalue weighted by Gasteiger charge is 2.14. The second kappa shape index (κ2) is 8.70. The first-order valence-electron chi connectivity index (χ1n) is 7.08. The maximum atomic E-state index is 12.0. The number of carbonyl (C=O) groups excluding carboxylic acids is 1.